The van der Waals surface area contributed by atoms with E-state index in [2.05, 4.69) is 10.4 Å². The monoisotopic (exact) mass is 362 g/mol. The Morgan fingerprint density at radius 2 is 2.28 bits per heavy atom. The number of anilines is 1. The zero-order chi connectivity index (χ0) is 18.6. The highest BCUT2D eigenvalue weighted by molar-refractivity contribution is 6.32. The number of hydrazine groups is 1. The molecule has 0 saturated heterocycles. The highest BCUT2D eigenvalue weighted by Gasteiger charge is 2.36. The number of Topliss-reactive ketones (excluding diaryl/α,β-unsaturated/α-hetero) is 1. The van der Waals surface area contributed by atoms with Gasteiger partial charge in [0, 0.05) is 19.0 Å². The van der Waals surface area contributed by atoms with E-state index in [1.165, 1.54) is 7.11 Å². The minimum absolute atomic E-state index is 0.0586. The Hall–Kier alpha value is -2.10. The second-order valence-electron chi connectivity index (χ2n) is 6.91. The van der Waals surface area contributed by atoms with Crippen molar-refractivity contribution in [3.05, 3.63) is 28.9 Å². The first kappa shape index (κ1) is 19.2. The number of methoxy groups -OCH3 is 1. The number of hydrogen-bond donors (Lipinski definition) is 1. The van der Waals surface area contributed by atoms with Crippen molar-refractivity contribution in [1.82, 2.24) is 9.99 Å². The quantitative estimate of drug-likeness (QED) is 0.781. The second-order valence-corrected chi connectivity index (χ2v) is 7.31. The number of pyridine rings is 1. The van der Waals surface area contributed by atoms with E-state index in [1.54, 1.807) is 12.3 Å². The van der Waals surface area contributed by atoms with Gasteiger partial charge in [0.1, 0.15) is 11.1 Å². The first-order valence-corrected chi connectivity index (χ1v) is 8.48. The molecule has 1 aliphatic carbocycles. The van der Waals surface area contributed by atoms with Gasteiger partial charge in [-0.25, -0.2) is 9.99 Å². The lowest BCUT2D eigenvalue weighted by molar-refractivity contribution is -0.124. The molecule has 1 aromatic heterocycles. The standard InChI is InChI=1S/C18H23ClN4O2/c1-18(2)9-12(7-13(10-20)16(18)24)5-6-23(3)22-14-8-15(19)17(25-4)21-11-14/h7-8,11-12,22H,5-6,9H2,1-4H3. The Labute approximate surface area is 153 Å². The summed E-state index contributed by atoms with van der Waals surface area (Å²) < 4.78 is 5.04. The summed E-state index contributed by atoms with van der Waals surface area (Å²) in [6.45, 7) is 4.55. The van der Waals surface area contributed by atoms with Gasteiger partial charge in [0.15, 0.2) is 5.78 Å². The van der Waals surface area contributed by atoms with E-state index in [0.717, 1.165) is 25.1 Å². The summed E-state index contributed by atoms with van der Waals surface area (Å²) in [7, 11) is 3.44. The largest absolute Gasteiger partial charge is 0.480 e. The lowest BCUT2D eigenvalue weighted by Gasteiger charge is -2.32. The van der Waals surface area contributed by atoms with Gasteiger partial charge in [-0.05, 0) is 24.8 Å². The molecule has 0 fully saturated rings. The van der Waals surface area contributed by atoms with Gasteiger partial charge in [0.05, 0.1) is 24.6 Å². The number of nitrogens with zero attached hydrogens (tertiary/aromatic N) is 3. The van der Waals surface area contributed by atoms with E-state index in [0.29, 0.717) is 10.9 Å². The molecule has 0 bridgehead atoms. The van der Waals surface area contributed by atoms with E-state index in [9.17, 15) is 4.79 Å². The second kappa shape index (κ2) is 7.85. The highest BCUT2D eigenvalue weighted by atomic mass is 35.5. The Balaban J connectivity index is 1.95. The Morgan fingerprint density at radius 1 is 1.56 bits per heavy atom. The van der Waals surface area contributed by atoms with Crippen LogP contribution in [0.3, 0.4) is 0 Å². The zero-order valence-corrected chi connectivity index (χ0v) is 15.7. The fourth-order valence-electron chi connectivity index (χ4n) is 3.03. The first-order chi connectivity index (χ1) is 11.8. The molecule has 134 valence electrons. The van der Waals surface area contributed by atoms with Crippen molar-refractivity contribution in [2.75, 3.05) is 26.1 Å². The third-order valence-electron chi connectivity index (χ3n) is 4.31. The van der Waals surface area contributed by atoms with E-state index < -0.39 is 5.41 Å². The summed E-state index contributed by atoms with van der Waals surface area (Å²) in [5.41, 5.74) is 3.77. The average molecular weight is 363 g/mol. The number of aromatic nitrogens is 1. The third-order valence-corrected chi connectivity index (χ3v) is 4.58. The molecule has 25 heavy (non-hydrogen) atoms. The number of ether oxygens (including phenoxy) is 1. The normalized spacial score (nSPS) is 19.3. The van der Waals surface area contributed by atoms with Crippen LogP contribution < -0.4 is 10.2 Å². The molecule has 0 radical (unpaired) electrons. The molecule has 2 rings (SSSR count). The van der Waals surface area contributed by atoms with Crippen molar-refractivity contribution in [2.45, 2.75) is 26.7 Å². The van der Waals surface area contributed by atoms with E-state index in [-0.39, 0.29) is 17.3 Å². The lowest BCUT2D eigenvalue weighted by atomic mass is 9.71. The number of rotatable bonds is 6. The third kappa shape index (κ3) is 4.71. The fraction of sp³-hybridized carbons (Fsp3) is 0.500. The van der Waals surface area contributed by atoms with Gasteiger partial charge >= 0.3 is 0 Å². The fourth-order valence-corrected chi connectivity index (χ4v) is 3.27. The molecule has 6 nitrogen and oxygen atoms in total. The van der Waals surface area contributed by atoms with Crippen LogP contribution in [0.2, 0.25) is 5.02 Å². The highest BCUT2D eigenvalue weighted by Crippen LogP contribution is 2.36. The van der Waals surface area contributed by atoms with Crippen molar-refractivity contribution >= 4 is 23.1 Å². The SMILES string of the molecule is COc1ncc(NN(C)CCC2C=C(C#N)C(=O)C(C)(C)C2)cc1Cl. The van der Waals surface area contributed by atoms with Crippen LogP contribution in [0, 0.1) is 22.7 Å². The first-order valence-electron chi connectivity index (χ1n) is 8.11. The van der Waals surface area contributed by atoms with Crippen molar-refractivity contribution in [3.8, 4) is 11.9 Å². The Morgan fingerprint density at radius 3 is 2.88 bits per heavy atom. The molecule has 0 aromatic carbocycles. The van der Waals surface area contributed by atoms with Crippen LogP contribution in [0.25, 0.3) is 0 Å². The van der Waals surface area contributed by atoms with Gasteiger partial charge in [-0.3, -0.25) is 4.79 Å². The average Bonchev–Trinajstić information content (AvgIpc) is 2.56. The summed E-state index contributed by atoms with van der Waals surface area (Å²) >= 11 is 6.07. The Kier molecular flexibility index (Phi) is 6.04. The predicted molar refractivity (Wildman–Crippen MR) is 97.3 cm³/mol. The van der Waals surface area contributed by atoms with Crippen molar-refractivity contribution < 1.29 is 9.53 Å². The maximum Gasteiger partial charge on any atom is 0.232 e. The summed E-state index contributed by atoms with van der Waals surface area (Å²) in [5.74, 6) is 0.527. The number of carbonyl (C=O) groups is 1. The van der Waals surface area contributed by atoms with Gasteiger partial charge in [-0.15, -0.1) is 0 Å². The van der Waals surface area contributed by atoms with Crippen LogP contribution in [-0.2, 0) is 4.79 Å². The number of halogens is 1. The van der Waals surface area contributed by atoms with Crippen molar-refractivity contribution in [2.24, 2.45) is 11.3 Å². The minimum atomic E-state index is -0.482. The number of nitrogens with one attached hydrogen (secondary N) is 1. The van der Waals surface area contributed by atoms with Crippen LogP contribution in [0.1, 0.15) is 26.7 Å². The smallest absolute Gasteiger partial charge is 0.232 e. The molecule has 1 N–H and O–H groups in total. The molecule has 0 saturated carbocycles. The van der Waals surface area contributed by atoms with Gasteiger partial charge in [-0.1, -0.05) is 31.5 Å². The molecule has 1 heterocycles. The Bertz CT molecular complexity index is 724. The van der Waals surface area contributed by atoms with Crippen molar-refractivity contribution in [1.29, 1.82) is 5.26 Å². The van der Waals surface area contributed by atoms with Gasteiger partial charge in [0.25, 0.3) is 0 Å². The van der Waals surface area contributed by atoms with Gasteiger partial charge in [0.2, 0.25) is 5.88 Å². The zero-order valence-electron chi connectivity index (χ0n) is 15.0. The number of carbonyl (C=O) groups excluding carboxylic acids is 1. The molecular formula is C18H23ClN4O2. The van der Waals surface area contributed by atoms with E-state index in [4.69, 9.17) is 21.6 Å². The summed E-state index contributed by atoms with van der Waals surface area (Å²) in [6, 6.07) is 3.78. The van der Waals surface area contributed by atoms with Crippen LogP contribution in [0.4, 0.5) is 5.69 Å². The van der Waals surface area contributed by atoms with Crippen molar-refractivity contribution in [3.63, 3.8) is 0 Å². The molecule has 0 amide bonds. The number of hydrogen-bond acceptors (Lipinski definition) is 6. The molecular weight excluding hydrogens is 340 g/mol. The maximum atomic E-state index is 12.1. The number of allylic oxidation sites excluding steroid dienone is 2. The summed E-state index contributed by atoms with van der Waals surface area (Å²) in [4.78, 5) is 16.3. The topological polar surface area (TPSA) is 78.2 Å². The number of ketones is 1. The molecule has 0 aliphatic heterocycles. The van der Waals surface area contributed by atoms with E-state index >= 15 is 0 Å². The summed E-state index contributed by atoms with van der Waals surface area (Å²) in [6.07, 6.45) is 5.05. The molecule has 1 unspecified atom stereocenters. The van der Waals surface area contributed by atoms with Gasteiger partial charge in [-0.2, -0.15) is 5.26 Å². The van der Waals surface area contributed by atoms with Gasteiger partial charge < -0.3 is 10.2 Å². The predicted octanol–water partition coefficient (Wildman–Crippen LogP) is 3.46. The minimum Gasteiger partial charge on any atom is -0.480 e. The molecule has 7 heteroatoms. The summed E-state index contributed by atoms with van der Waals surface area (Å²) in [5, 5.41) is 11.5. The molecule has 1 aliphatic rings. The maximum absolute atomic E-state index is 12.1. The lowest BCUT2D eigenvalue weighted by Crippen LogP contribution is -2.34. The molecule has 0 spiro atoms. The molecule has 1 atom stereocenters. The van der Waals surface area contributed by atoms with Crippen LogP contribution in [0.5, 0.6) is 5.88 Å². The van der Waals surface area contributed by atoms with Crippen LogP contribution in [-0.4, -0.2) is 36.5 Å². The molecule has 1 aromatic rings. The van der Waals surface area contributed by atoms with Crippen LogP contribution >= 0.6 is 11.6 Å². The van der Waals surface area contributed by atoms with E-state index in [1.807, 2.05) is 38.0 Å². The van der Waals surface area contributed by atoms with Crippen LogP contribution in [0.15, 0.2) is 23.9 Å². The number of nitriles is 1.